The van der Waals surface area contributed by atoms with Gasteiger partial charge in [-0.15, -0.1) is 0 Å². The van der Waals surface area contributed by atoms with Crippen LogP contribution in [-0.2, 0) is 6.42 Å². The Labute approximate surface area is 107 Å². The number of hydrogen-bond acceptors (Lipinski definition) is 3. The summed E-state index contributed by atoms with van der Waals surface area (Å²) >= 11 is 3.21. The Morgan fingerprint density at radius 1 is 1.35 bits per heavy atom. The summed E-state index contributed by atoms with van der Waals surface area (Å²) in [5.41, 5.74) is 0.860. The lowest BCUT2D eigenvalue weighted by molar-refractivity contribution is 0.624. The van der Waals surface area contributed by atoms with E-state index in [2.05, 4.69) is 21.2 Å². The summed E-state index contributed by atoms with van der Waals surface area (Å²) in [5, 5.41) is 19.8. The van der Waals surface area contributed by atoms with Gasteiger partial charge in [-0.25, -0.2) is 4.39 Å². The first kappa shape index (κ1) is 13.2. The van der Waals surface area contributed by atoms with Crippen LogP contribution in [0.2, 0.25) is 0 Å². The second kappa shape index (κ2) is 6.67. The number of nitrogens with zero attached hydrogens (tertiary/aromatic N) is 2. The fourth-order valence-electron chi connectivity index (χ4n) is 1.24. The SMILES string of the molecule is N#CC(C#N)=CNCCc1cc(F)cc(Br)c1. The average molecular weight is 294 g/mol. The van der Waals surface area contributed by atoms with E-state index in [1.54, 1.807) is 12.1 Å². The Morgan fingerprint density at radius 3 is 2.65 bits per heavy atom. The van der Waals surface area contributed by atoms with Gasteiger partial charge in [0.15, 0.2) is 0 Å². The van der Waals surface area contributed by atoms with Crippen LogP contribution in [0.25, 0.3) is 0 Å². The minimum atomic E-state index is -0.292. The van der Waals surface area contributed by atoms with Crippen molar-refractivity contribution in [3.63, 3.8) is 0 Å². The van der Waals surface area contributed by atoms with Gasteiger partial charge in [0, 0.05) is 17.2 Å². The van der Waals surface area contributed by atoms with Crippen LogP contribution < -0.4 is 5.32 Å². The lowest BCUT2D eigenvalue weighted by Crippen LogP contribution is -2.10. The highest BCUT2D eigenvalue weighted by Crippen LogP contribution is 2.14. The monoisotopic (exact) mass is 293 g/mol. The molecule has 0 bridgehead atoms. The molecule has 1 N–H and O–H groups in total. The van der Waals surface area contributed by atoms with Gasteiger partial charge in [0.1, 0.15) is 23.5 Å². The zero-order valence-electron chi connectivity index (χ0n) is 8.87. The van der Waals surface area contributed by atoms with Crippen LogP contribution in [0.15, 0.2) is 34.4 Å². The van der Waals surface area contributed by atoms with Crippen LogP contribution in [0.5, 0.6) is 0 Å². The van der Waals surface area contributed by atoms with Crippen molar-refractivity contribution in [3.05, 3.63) is 45.8 Å². The molecule has 0 aliphatic carbocycles. The van der Waals surface area contributed by atoms with Crippen molar-refractivity contribution in [2.75, 3.05) is 6.54 Å². The van der Waals surface area contributed by atoms with E-state index in [0.717, 1.165) is 5.56 Å². The number of nitrogens with one attached hydrogen (secondary N) is 1. The summed E-state index contributed by atoms with van der Waals surface area (Å²) in [6, 6.07) is 8.14. The summed E-state index contributed by atoms with van der Waals surface area (Å²) in [5.74, 6) is -0.292. The molecule has 1 aromatic rings. The molecule has 86 valence electrons. The Balaban J connectivity index is 2.50. The van der Waals surface area contributed by atoms with Gasteiger partial charge in [0.05, 0.1) is 0 Å². The quantitative estimate of drug-likeness (QED) is 0.686. The third-order valence-electron chi connectivity index (χ3n) is 1.97. The van der Waals surface area contributed by atoms with E-state index >= 15 is 0 Å². The second-order valence-electron chi connectivity index (χ2n) is 3.26. The zero-order valence-corrected chi connectivity index (χ0v) is 10.5. The first-order valence-corrected chi connectivity index (χ1v) is 5.63. The third kappa shape index (κ3) is 4.67. The number of nitriles is 2. The van der Waals surface area contributed by atoms with Crippen molar-refractivity contribution < 1.29 is 4.39 Å². The van der Waals surface area contributed by atoms with Crippen molar-refractivity contribution in [1.82, 2.24) is 5.32 Å². The fourth-order valence-corrected chi connectivity index (χ4v) is 1.75. The van der Waals surface area contributed by atoms with Crippen molar-refractivity contribution >= 4 is 15.9 Å². The zero-order chi connectivity index (χ0) is 12.7. The van der Waals surface area contributed by atoms with E-state index in [1.165, 1.54) is 18.3 Å². The van der Waals surface area contributed by atoms with Crippen molar-refractivity contribution in [1.29, 1.82) is 10.5 Å². The summed E-state index contributed by atoms with van der Waals surface area (Å²) in [7, 11) is 0. The maximum Gasteiger partial charge on any atom is 0.145 e. The van der Waals surface area contributed by atoms with Gasteiger partial charge in [0.2, 0.25) is 0 Å². The number of hydrogen-bond donors (Lipinski definition) is 1. The largest absolute Gasteiger partial charge is 0.389 e. The van der Waals surface area contributed by atoms with Crippen molar-refractivity contribution in [2.24, 2.45) is 0 Å². The molecule has 17 heavy (non-hydrogen) atoms. The van der Waals surface area contributed by atoms with E-state index in [-0.39, 0.29) is 11.4 Å². The molecule has 0 saturated carbocycles. The van der Waals surface area contributed by atoms with Crippen LogP contribution >= 0.6 is 15.9 Å². The van der Waals surface area contributed by atoms with E-state index in [4.69, 9.17) is 10.5 Å². The molecule has 3 nitrogen and oxygen atoms in total. The molecule has 0 atom stereocenters. The molecule has 0 radical (unpaired) electrons. The summed E-state index contributed by atoms with van der Waals surface area (Å²) < 4.78 is 13.7. The molecule has 0 fully saturated rings. The van der Waals surface area contributed by atoms with Gasteiger partial charge < -0.3 is 5.32 Å². The lowest BCUT2D eigenvalue weighted by Gasteiger charge is -2.03. The van der Waals surface area contributed by atoms with Crippen molar-refractivity contribution in [2.45, 2.75) is 6.42 Å². The standard InChI is InChI=1S/C12H9BrFN3/c13-11-3-9(4-12(14)5-11)1-2-17-8-10(6-15)7-16/h3-5,8,17H,1-2H2. The van der Waals surface area contributed by atoms with E-state index in [1.807, 2.05) is 6.07 Å². The highest BCUT2D eigenvalue weighted by Gasteiger charge is 1.98. The molecule has 5 heteroatoms. The van der Waals surface area contributed by atoms with Crippen LogP contribution in [0, 0.1) is 28.5 Å². The minimum Gasteiger partial charge on any atom is -0.389 e. The predicted molar refractivity (Wildman–Crippen MR) is 65.1 cm³/mol. The normalized spacial score (nSPS) is 8.94. The maximum absolute atomic E-state index is 13.0. The molecule has 0 heterocycles. The van der Waals surface area contributed by atoms with E-state index < -0.39 is 0 Å². The topological polar surface area (TPSA) is 59.6 Å². The highest BCUT2D eigenvalue weighted by molar-refractivity contribution is 9.10. The van der Waals surface area contributed by atoms with Gasteiger partial charge >= 0.3 is 0 Å². The van der Waals surface area contributed by atoms with Crippen LogP contribution in [0.3, 0.4) is 0 Å². The molecular weight excluding hydrogens is 285 g/mol. The number of rotatable bonds is 4. The second-order valence-corrected chi connectivity index (χ2v) is 4.18. The summed E-state index contributed by atoms with van der Waals surface area (Å²) in [6.07, 6.45) is 1.96. The molecule has 1 rings (SSSR count). The maximum atomic E-state index is 13.0. The number of halogens is 2. The smallest absolute Gasteiger partial charge is 0.145 e. The molecule has 1 aromatic carbocycles. The predicted octanol–water partition coefficient (Wildman–Crippen LogP) is 2.65. The van der Waals surface area contributed by atoms with Gasteiger partial charge in [0.25, 0.3) is 0 Å². The Bertz CT molecular complexity index is 475. The lowest BCUT2D eigenvalue weighted by atomic mass is 10.1. The van der Waals surface area contributed by atoms with Gasteiger partial charge in [-0.2, -0.15) is 10.5 Å². The minimum absolute atomic E-state index is 0.0189. The molecule has 0 unspecified atom stereocenters. The van der Waals surface area contributed by atoms with Crippen LogP contribution in [0.1, 0.15) is 5.56 Å². The first-order valence-electron chi connectivity index (χ1n) is 4.84. The Morgan fingerprint density at radius 2 is 2.06 bits per heavy atom. The molecule has 0 spiro atoms. The highest BCUT2D eigenvalue weighted by atomic mass is 79.9. The average Bonchev–Trinajstić information content (AvgIpc) is 2.28. The third-order valence-corrected chi connectivity index (χ3v) is 2.43. The molecule has 0 saturated heterocycles. The van der Waals surface area contributed by atoms with Crippen molar-refractivity contribution in [3.8, 4) is 12.1 Å². The van der Waals surface area contributed by atoms with Gasteiger partial charge in [-0.1, -0.05) is 15.9 Å². The number of benzene rings is 1. The molecular formula is C12H9BrFN3. The van der Waals surface area contributed by atoms with Crippen LogP contribution in [-0.4, -0.2) is 6.54 Å². The summed E-state index contributed by atoms with van der Waals surface area (Å²) in [6.45, 7) is 0.531. The number of allylic oxidation sites excluding steroid dienone is 1. The Hall–Kier alpha value is -1.85. The van der Waals surface area contributed by atoms with Gasteiger partial charge in [-0.3, -0.25) is 0 Å². The van der Waals surface area contributed by atoms with E-state index in [9.17, 15) is 4.39 Å². The fraction of sp³-hybridized carbons (Fsp3) is 0.167. The Kier molecular flexibility index (Phi) is 5.19. The molecule has 0 aliphatic rings. The van der Waals surface area contributed by atoms with Crippen LogP contribution in [0.4, 0.5) is 4.39 Å². The molecule has 0 aliphatic heterocycles. The first-order chi connectivity index (χ1) is 8.15. The van der Waals surface area contributed by atoms with Gasteiger partial charge in [-0.05, 0) is 30.2 Å². The molecule has 0 aromatic heterocycles. The van der Waals surface area contributed by atoms with E-state index in [0.29, 0.717) is 17.4 Å². The summed E-state index contributed by atoms with van der Waals surface area (Å²) in [4.78, 5) is 0. The molecule has 0 amide bonds.